The summed E-state index contributed by atoms with van der Waals surface area (Å²) in [6.45, 7) is 5.47. The van der Waals surface area contributed by atoms with Gasteiger partial charge in [0.2, 0.25) is 5.95 Å². The largest absolute Gasteiger partial charge is 0.352 e. The summed E-state index contributed by atoms with van der Waals surface area (Å²) in [5.41, 5.74) is 1.76. The van der Waals surface area contributed by atoms with Gasteiger partial charge in [-0.25, -0.2) is 15.0 Å². The molecule has 3 aromatic heterocycles. The highest BCUT2D eigenvalue weighted by Gasteiger charge is 2.21. The van der Waals surface area contributed by atoms with Crippen molar-refractivity contribution in [1.82, 2.24) is 29.5 Å². The zero-order valence-electron chi connectivity index (χ0n) is 12.3. The Bertz CT molecular complexity index is 790. The molecule has 0 unspecified atom stereocenters. The van der Waals surface area contributed by atoms with E-state index in [0.29, 0.717) is 0 Å². The Labute approximate surface area is 127 Å². The van der Waals surface area contributed by atoms with Gasteiger partial charge in [0.1, 0.15) is 6.33 Å². The van der Waals surface area contributed by atoms with Gasteiger partial charge in [-0.1, -0.05) is 0 Å². The highest BCUT2D eigenvalue weighted by atomic mass is 15.4. The number of aryl methyl sites for hydroxylation is 1. The van der Waals surface area contributed by atoms with Gasteiger partial charge < -0.3 is 9.80 Å². The minimum Gasteiger partial charge on any atom is -0.352 e. The molecule has 0 bridgehead atoms. The van der Waals surface area contributed by atoms with Crippen LogP contribution in [0.2, 0.25) is 0 Å². The van der Waals surface area contributed by atoms with E-state index in [0.717, 1.165) is 49.3 Å². The molecule has 8 nitrogen and oxygen atoms in total. The summed E-state index contributed by atoms with van der Waals surface area (Å²) in [6, 6.07) is 1.91. The average molecular weight is 296 g/mol. The summed E-state index contributed by atoms with van der Waals surface area (Å²) in [4.78, 5) is 21.7. The van der Waals surface area contributed by atoms with Gasteiger partial charge in [0.05, 0.1) is 12.4 Å². The number of hydrogen-bond donors (Lipinski definition) is 0. The highest BCUT2D eigenvalue weighted by molar-refractivity contribution is 5.48. The second-order valence-electron chi connectivity index (χ2n) is 5.27. The van der Waals surface area contributed by atoms with Gasteiger partial charge in [-0.2, -0.15) is 9.61 Å². The van der Waals surface area contributed by atoms with Gasteiger partial charge in [0, 0.05) is 38.1 Å². The third kappa shape index (κ3) is 2.22. The van der Waals surface area contributed by atoms with E-state index in [-0.39, 0.29) is 0 Å². The Kier molecular flexibility index (Phi) is 3.06. The van der Waals surface area contributed by atoms with Crippen LogP contribution in [0, 0.1) is 6.92 Å². The van der Waals surface area contributed by atoms with Crippen LogP contribution in [-0.4, -0.2) is 55.7 Å². The van der Waals surface area contributed by atoms with Gasteiger partial charge >= 0.3 is 0 Å². The van der Waals surface area contributed by atoms with Crippen LogP contribution < -0.4 is 9.80 Å². The molecule has 0 amide bonds. The Balaban J connectivity index is 1.53. The summed E-state index contributed by atoms with van der Waals surface area (Å²) in [5, 5.41) is 4.27. The molecule has 4 rings (SSSR count). The van der Waals surface area contributed by atoms with Crippen LogP contribution in [0.25, 0.3) is 5.65 Å². The number of anilines is 2. The van der Waals surface area contributed by atoms with E-state index in [9.17, 15) is 0 Å². The summed E-state index contributed by atoms with van der Waals surface area (Å²) in [6.07, 6.45) is 6.91. The number of rotatable bonds is 2. The highest BCUT2D eigenvalue weighted by Crippen LogP contribution is 2.17. The van der Waals surface area contributed by atoms with Crippen molar-refractivity contribution >= 4 is 17.4 Å². The smallest absolute Gasteiger partial charge is 0.225 e. The summed E-state index contributed by atoms with van der Waals surface area (Å²) >= 11 is 0. The zero-order chi connectivity index (χ0) is 14.9. The van der Waals surface area contributed by atoms with Gasteiger partial charge in [-0.15, -0.1) is 0 Å². The molecule has 1 aliphatic rings. The van der Waals surface area contributed by atoms with Crippen molar-refractivity contribution in [2.45, 2.75) is 6.92 Å². The van der Waals surface area contributed by atoms with E-state index < -0.39 is 0 Å². The van der Waals surface area contributed by atoms with Gasteiger partial charge in [0.25, 0.3) is 0 Å². The van der Waals surface area contributed by atoms with Crippen LogP contribution in [0.5, 0.6) is 0 Å². The molecule has 0 radical (unpaired) electrons. The van der Waals surface area contributed by atoms with E-state index in [1.807, 2.05) is 29.9 Å². The first-order valence-corrected chi connectivity index (χ1v) is 7.24. The molecule has 0 saturated carbocycles. The third-order valence-electron chi connectivity index (χ3n) is 3.84. The quantitative estimate of drug-likeness (QED) is 0.683. The minimum absolute atomic E-state index is 0.766. The zero-order valence-corrected chi connectivity index (χ0v) is 12.3. The van der Waals surface area contributed by atoms with Crippen LogP contribution >= 0.6 is 0 Å². The lowest BCUT2D eigenvalue weighted by atomic mass is 10.3. The topological polar surface area (TPSA) is 75.3 Å². The van der Waals surface area contributed by atoms with Gasteiger partial charge in [-0.05, 0) is 13.0 Å². The van der Waals surface area contributed by atoms with E-state index in [1.165, 1.54) is 0 Å². The first-order valence-electron chi connectivity index (χ1n) is 7.24. The molecule has 0 spiro atoms. The molecular weight excluding hydrogens is 280 g/mol. The van der Waals surface area contributed by atoms with Crippen molar-refractivity contribution in [1.29, 1.82) is 0 Å². The third-order valence-corrected chi connectivity index (χ3v) is 3.84. The maximum absolute atomic E-state index is 4.49. The predicted octanol–water partition coefficient (Wildman–Crippen LogP) is 0.549. The fraction of sp³-hybridized carbons (Fsp3) is 0.357. The molecule has 8 heteroatoms. The van der Waals surface area contributed by atoms with Crippen LogP contribution in [0.15, 0.2) is 31.0 Å². The molecule has 3 aromatic rings. The normalized spacial score (nSPS) is 15.5. The standard InChI is InChI=1S/C14H16N8/c1-11-2-3-16-14(19-11)21-6-4-20(5-7-21)13-9-15-8-12-17-10-18-22(12)13/h2-3,8-10H,4-7H2,1H3. The SMILES string of the molecule is Cc1ccnc(N2CCN(c3cncc4ncnn34)CC2)n1. The number of piperazine rings is 1. The molecule has 4 heterocycles. The van der Waals surface area contributed by atoms with Crippen molar-refractivity contribution in [3.8, 4) is 0 Å². The molecule has 1 aliphatic heterocycles. The number of nitrogens with zero attached hydrogens (tertiary/aromatic N) is 8. The number of hydrogen-bond acceptors (Lipinski definition) is 7. The molecule has 0 N–H and O–H groups in total. The van der Waals surface area contributed by atoms with Crippen molar-refractivity contribution in [2.24, 2.45) is 0 Å². The number of aromatic nitrogens is 6. The molecule has 112 valence electrons. The van der Waals surface area contributed by atoms with E-state index in [4.69, 9.17) is 0 Å². The van der Waals surface area contributed by atoms with Crippen LogP contribution in [0.3, 0.4) is 0 Å². The molecule has 0 atom stereocenters. The molecule has 0 aliphatic carbocycles. The monoisotopic (exact) mass is 296 g/mol. The van der Waals surface area contributed by atoms with Crippen LogP contribution in [0.4, 0.5) is 11.8 Å². The number of fused-ring (bicyclic) bond motifs is 1. The predicted molar refractivity (Wildman–Crippen MR) is 82.0 cm³/mol. The molecular formula is C14H16N8. The summed E-state index contributed by atoms with van der Waals surface area (Å²) in [7, 11) is 0. The van der Waals surface area contributed by atoms with Crippen LogP contribution in [0.1, 0.15) is 5.69 Å². The maximum atomic E-state index is 4.49. The lowest BCUT2D eigenvalue weighted by molar-refractivity contribution is 0.626. The fourth-order valence-corrected chi connectivity index (χ4v) is 2.68. The summed E-state index contributed by atoms with van der Waals surface area (Å²) < 4.78 is 1.83. The Morgan fingerprint density at radius 1 is 1.00 bits per heavy atom. The van der Waals surface area contributed by atoms with Crippen molar-refractivity contribution in [3.05, 3.63) is 36.7 Å². The molecule has 22 heavy (non-hydrogen) atoms. The van der Waals surface area contributed by atoms with E-state index >= 15 is 0 Å². The fourth-order valence-electron chi connectivity index (χ4n) is 2.68. The molecule has 1 saturated heterocycles. The van der Waals surface area contributed by atoms with Crippen molar-refractivity contribution in [2.75, 3.05) is 36.0 Å². The lowest BCUT2D eigenvalue weighted by Crippen LogP contribution is -2.47. The van der Waals surface area contributed by atoms with Gasteiger partial charge in [-0.3, -0.25) is 4.98 Å². The Morgan fingerprint density at radius 2 is 1.82 bits per heavy atom. The van der Waals surface area contributed by atoms with E-state index in [1.54, 1.807) is 12.5 Å². The second kappa shape index (κ2) is 5.21. The average Bonchev–Trinajstić information content (AvgIpc) is 3.04. The first-order chi connectivity index (χ1) is 10.8. The van der Waals surface area contributed by atoms with Gasteiger partial charge in [0.15, 0.2) is 11.5 Å². The second-order valence-corrected chi connectivity index (χ2v) is 5.27. The first kappa shape index (κ1) is 12.9. The van der Waals surface area contributed by atoms with Crippen molar-refractivity contribution in [3.63, 3.8) is 0 Å². The van der Waals surface area contributed by atoms with Crippen molar-refractivity contribution < 1.29 is 0 Å². The maximum Gasteiger partial charge on any atom is 0.225 e. The van der Waals surface area contributed by atoms with Crippen LogP contribution in [-0.2, 0) is 0 Å². The Hall–Kier alpha value is -2.77. The Morgan fingerprint density at radius 3 is 2.64 bits per heavy atom. The van der Waals surface area contributed by atoms with E-state index in [2.05, 4.69) is 34.8 Å². The minimum atomic E-state index is 0.766. The molecule has 1 fully saturated rings. The summed E-state index contributed by atoms with van der Waals surface area (Å²) in [5.74, 6) is 1.77. The lowest BCUT2D eigenvalue weighted by Gasteiger charge is -2.35. The molecule has 0 aromatic carbocycles.